The van der Waals surface area contributed by atoms with Crippen molar-refractivity contribution < 1.29 is 9.53 Å². The Hall–Kier alpha value is -1.55. The van der Waals surface area contributed by atoms with E-state index in [1.165, 1.54) is 0 Å². The molecule has 102 valence electrons. The van der Waals surface area contributed by atoms with E-state index < -0.39 is 0 Å². The summed E-state index contributed by atoms with van der Waals surface area (Å²) in [6.45, 7) is 4.55. The molecular weight excluding hydrogens is 240 g/mol. The zero-order valence-corrected chi connectivity index (χ0v) is 11.2. The lowest BCUT2D eigenvalue weighted by molar-refractivity contribution is -0.124. The van der Waals surface area contributed by atoms with E-state index in [1.807, 2.05) is 24.3 Å². The third-order valence-electron chi connectivity index (χ3n) is 4.07. The van der Waals surface area contributed by atoms with Crippen LogP contribution in [0.4, 0.5) is 0 Å². The molecular formula is C15H20N2O2. The standard InChI is InChI=1S/C15H20N2O2/c1-15(7-8-16-10-15)17-14(18)12-6-9-19-13-5-3-2-4-11(12)13/h2-5,12,16H,6-10H2,1H3,(H,17,18). The number of carbonyl (C=O) groups excluding carboxylic acids is 1. The molecule has 0 saturated carbocycles. The molecule has 4 nitrogen and oxygen atoms in total. The summed E-state index contributed by atoms with van der Waals surface area (Å²) in [5.41, 5.74) is 0.908. The maximum absolute atomic E-state index is 12.5. The Morgan fingerprint density at radius 1 is 1.47 bits per heavy atom. The molecule has 2 aliphatic rings. The van der Waals surface area contributed by atoms with Crippen LogP contribution in [0, 0.1) is 0 Å². The Kier molecular flexibility index (Phi) is 3.19. The summed E-state index contributed by atoms with van der Waals surface area (Å²) < 4.78 is 5.61. The predicted molar refractivity (Wildman–Crippen MR) is 73.3 cm³/mol. The van der Waals surface area contributed by atoms with Crippen molar-refractivity contribution in [1.82, 2.24) is 10.6 Å². The molecule has 1 saturated heterocycles. The van der Waals surface area contributed by atoms with Gasteiger partial charge in [0.1, 0.15) is 5.75 Å². The lowest BCUT2D eigenvalue weighted by Crippen LogP contribution is -2.49. The van der Waals surface area contributed by atoms with E-state index in [0.717, 1.165) is 37.2 Å². The van der Waals surface area contributed by atoms with Gasteiger partial charge in [-0.3, -0.25) is 4.79 Å². The van der Waals surface area contributed by atoms with Gasteiger partial charge in [-0.25, -0.2) is 0 Å². The Morgan fingerprint density at radius 3 is 3.11 bits per heavy atom. The molecule has 3 rings (SSSR count). The molecule has 1 aromatic rings. The summed E-state index contributed by atoms with van der Waals surface area (Å²) in [4.78, 5) is 12.5. The minimum atomic E-state index is -0.107. The lowest BCUT2D eigenvalue weighted by atomic mass is 9.90. The number of rotatable bonds is 2. The lowest BCUT2D eigenvalue weighted by Gasteiger charge is -2.30. The second-order valence-electron chi connectivity index (χ2n) is 5.70. The van der Waals surface area contributed by atoms with Gasteiger partial charge in [-0.1, -0.05) is 18.2 Å². The molecule has 1 aromatic carbocycles. The van der Waals surface area contributed by atoms with Crippen LogP contribution in [0.1, 0.15) is 31.2 Å². The number of amides is 1. The molecule has 19 heavy (non-hydrogen) atoms. The molecule has 2 aliphatic heterocycles. The topological polar surface area (TPSA) is 50.4 Å². The van der Waals surface area contributed by atoms with Crippen LogP contribution >= 0.6 is 0 Å². The maximum Gasteiger partial charge on any atom is 0.228 e. The van der Waals surface area contributed by atoms with E-state index in [2.05, 4.69) is 17.6 Å². The number of ether oxygens (including phenoxy) is 1. The number of nitrogens with one attached hydrogen (secondary N) is 2. The summed E-state index contributed by atoms with van der Waals surface area (Å²) >= 11 is 0. The van der Waals surface area contributed by atoms with Gasteiger partial charge in [0.05, 0.1) is 18.1 Å². The monoisotopic (exact) mass is 260 g/mol. The van der Waals surface area contributed by atoms with Gasteiger partial charge in [-0.2, -0.15) is 0 Å². The first-order chi connectivity index (χ1) is 9.18. The molecule has 1 fully saturated rings. The molecule has 0 spiro atoms. The number of hydrogen-bond acceptors (Lipinski definition) is 3. The Bertz CT molecular complexity index is 481. The van der Waals surface area contributed by atoms with Crippen molar-refractivity contribution in [2.75, 3.05) is 19.7 Å². The van der Waals surface area contributed by atoms with Gasteiger partial charge in [-0.05, 0) is 32.4 Å². The Morgan fingerprint density at radius 2 is 2.32 bits per heavy atom. The Labute approximate surface area is 113 Å². The molecule has 1 amide bonds. The van der Waals surface area contributed by atoms with Crippen LogP contribution in [0.3, 0.4) is 0 Å². The summed E-state index contributed by atoms with van der Waals surface area (Å²) in [6.07, 6.45) is 1.75. The van der Waals surface area contributed by atoms with Gasteiger partial charge in [0.25, 0.3) is 0 Å². The second-order valence-corrected chi connectivity index (χ2v) is 5.70. The molecule has 0 bridgehead atoms. The van der Waals surface area contributed by atoms with Crippen molar-refractivity contribution in [3.63, 3.8) is 0 Å². The fourth-order valence-corrected chi connectivity index (χ4v) is 2.92. The summed E-state index contributed by atoms with van der Waals surface area (Å²) in [7, 11) is 0. The smallest absolute Gasteiger partial charge is 0.228 e. The fraction of sp³-hybridized carbons (Fsp3) is 0.533. The largest absolute Gasteiger partial charge is 0.493 e. The van der Waals surface area contributed by atoms with Crippen molar-refractivity contribution in [3.8, 4) is 5.75 Å². The molecule has 2 heterocycles. The maximum atomic E-state index is 12.5. The first-order valence-corrected chi connectivity index (χ1v) is 6.92. The van der Waals surface area contributed by atoms with Crippen LogP contribution in [-0.4, -0.2) is 31.1 Å². The second kappa shape index (κ2) is 4.85. The van der Waals surface area contributed by atoms with Gasteiger partial charge in [0.2, 0.25) is 5.91 Å². The van der Waals surface area contributed by atoms with Crippen molar-refractivity contribution in [2.45, 2.75) is 31.2 Å². The molecule has 2 N–H and O–H groups in total. The molecule has 0 aliphatic carbocycles. The highest BCUT2D eigenvalue weighted by molar-refractivity contribution is 5.85. The van der Waals surface area contributed by atoms with Crippen molar-refractivity contribution in [1.29, 1.82) is 0 Å². The first-order valence-electron chi connectivity index (χ1n) is 6.92. The summed E-state index contributed by atoms with van der Waals surface area (Å²) in [5.74, 6) is 0.896. The van der Waals surface area contributed by atoms with Crippen LogP contribution in [0.5, 0.6) is 5.75 Å². The SMILES string of the molecule is CC1(NC(=O)C2CCOc3ccccc32)CCNC1. The Balaban J connectivity index is 1.78. The highest BCUT2D eigenvalue weighted by Crippen LogP contribution is 2.34. The average Bonchev–Trinajstić information content (AvgIpc) is 2.84. The number of carbonyl (C=O) groups is 1. The number of hydrogen-bond donors (Lipinski definition) is 2. The summed E-state index contributed by atoms with van der Waals surface area (Å²) in [6, 6.07) is 7.84. The van der Waals surface area contributed by atoms with Gasteiger partial charge < -0.3 is 15.4 Å². The highest BCUT2D eigenvalue weighted by Gasteiger charge is 2.34. The molecule has 2 atom stereocenters. The molecule has 4 heteroatoms. The third kappa shape index (κ3) is 2.45. The van der Waals surface area contributed by atoms with Gasteiger partial charge in [0.15, 0.2) is 0 Å². The van der Waals surface area contributed by atoms with E-state index in [-0.39, 0.29) is 17.4 Å². The molecule has 0 aromatic heterocycles. The quantitative estimate of drug-likeness (QED) is 0.845. The minimum Gasteiger partial charge on any atom is -0.493 e. The van der Waals surface area contributed by atoms with E-state index in [0.29, 0.717) is 6.61 Å². The van der Waals surface area contributed by atoms with Crippen molar-refractivity contribution in [2.24, 2.45) is 0 Å². The average molecular weight is 260 g/mol. The number of fused-ring (bicyclic) bond motifs is 1. The normalized spacial score (nSPS) is 29.4. The zero-order valence-electron chi connectivity index (χ0n) is 11.2. The predicted octanol–water partition coefficient (Wildman–Crippen LogP) is 1.42. The van der Waals surface area contributed by atoms with Crippen LogP contribution in [-0.2, 0) is 4.79 Å². The van der Waals surface area contributed by atoms with Gasteiger partial charge >= 0.3 is 0 Å². The van der Waals surface area contributed by atoms with Crippen molar-refractivity contribution >= 4 is 5.91 Å². The van der Waals surface area contributed by atoms with Crippen molar-refractivity contribution in [3.05, 3.63) is 29.8 Å². The number of para-hydroxylation sites is 1. The fourth-order valence-electron chi connectivity index (χ4n) is 2.92. The van der Waals surface area contributed by atoms with E-state index in [9.17, 15) is 4.79 Å². The van der Waals surface area contributed by atoms with E-state index >= 15 is 0 Å². The first kappa shape index (κ1) is 12.5. The number of benzene rings is 1. The molecule has 0 radical (unpaired) electrons. The van der Waals surface area contributed by atoms with Gasteiger partial charge in [-0.15, -0.1) is 0 Å². The van der Waals surface area contributed by atoms with Gasteiger partial charge in [0, 0.05) is 12.1 Å². The third-order valence-corrected chi connectivity index (χ3v) is 4.07. The zero-order chi connectivity index (χ0) is 13.3. The summed E-state index contributed by atoms with van der Waals surface area (Å²) in [5, 5.41) is 6.51. The van der Waals surface area contributed by atoms with Crippen LogP contribution < -0.4 is 15.4 Å². The van der Waals surface area contributed by atoms with E-state index in [1.54, 1.807) is 0 Å². The van der Waals surface area contributed by atoms with Crippen LogP contribution in [0.25, 0.3) is 0 Å². The van der Waals surface area contributed by atoms with Crippen LogP contribution in [0.2, 0.25) is 0 Å². The van der Waals surface area contributed by atoms with Crippen LogP contribution in [0.15, 0.2) is 24.3 Å². The molecule has 2 unspecified atom stereocenters. The minimum absolute atomic E-state index is 0.0811. The van der Waals surface area contributed by atoms with E-state index in [4.69, 9.17) is 4.74 Å². The highest BCUT2D eigenvalue weighted by atomic mass is 16.5.